The average molecular weight is 1230 g/mol. The maximum absolute atomic E-state index is 15.5. The van der Waals surface area contributed by atoms with Crippen LogP contribution in [0.2, 0.25) is 0 Å². The van der Waals surface area contributed by atoms with E-state index >= 15 is 4.39 Å². The molecular formula is C64H63FN10O15. The summed E-state index contributed by atoms with van der Waals surface area (Å²) in [4.78, 5) is 152. The molecule has 1 aliphatic carbocycles. The Bertz CT molecular complexity index is 3990. The van der Waals surface area contributed by atoms with Gasteiger partial charge in [-0.25, -0.2) is 23.9 Å². The minimum absolute atomic E-state index is 0.0289. The first-order valence-corrected chi connectivity index (χ1v) is 29.2. The van der Waals surface area contributed by atoms with E-state index in [1.165, 1.54) is 28.9 Å². The van der Waals surface area contributed by atoms with E-state index in [-0.39, 0.29) is 80.7 Å². The second-order valence-electron chi connectivity index (χ2n) is 22.0. The van der Waals surface area contributed by atoms with E-state index in [1.807, 2.05) is 0 Å². The molecule has 25 nitrogen and oxygen atoms in total. The molecule has 0 saturated heterocycles. The number of nitrogens with one attached hydrogen (secondary N) is 6. The van der Waals surface area contributed by atoms with E-state index < -0.39 is 96.3 Å². The highest BCUT2D eigenvalue weighted by atomic mass is 19.1. The number of fused-ring (bicyclic) bond motifs is 5. The van der Waals surface area contributed by atoms with Crippen LogP contribution in [-0.2, 0) is 97.3 Å². The molecular weight excluding hydrogens is 1170 g/mol. The molecule has 4 aliphatic rings. The van der Waals surface area contributed by atoms with Gasteiger partial charge in [0.25, 0.3) is 29.2 Å². The molecule has 10 rings (SSSR count). The third-order valence-electron chi connectivity index (χ3n) is 16.1. The summed E-state index contributed by atoms with van der Waals surface area (Å²) < 4.78 is 32.6. The Morgan fingerprint density at radius 1 is 0.811 bits per heavy atom. The third-order valence-corrected chi connectivity index (χ3v) is 16.1. The summed E-state index contributed by atoms with van der Waals surface area (Å²) in [5.41, 5.74) is 3.25. The lowest BCUT2D eigenvalue weighted by molar-refractivity contribution is -0.172. The van der Waals surface area contributed by atoms with Gasteiger partial charge in [0.2, 0.25) is 17.7 Å². The molecule has 7 N–H and O–H groups in total. The summed E-state index contributed by atoms with van der Waals surface area (Å²) in [5.74, 6) is -6.06. The number of aliphatic hydroxyl groups is 1. The molecule has 26 heteroatoms. The van der Waals surface area contributed by atoms with Crippen molar-refractivity contribution in [1.82, 2.24) is 46.0 Å². The average Bonchev–Trinajstić information content (AvgIpc) is 1.47. The van der Waals surface area contributed by atoms with E-state index in [4.69, 9.17) is 19.2 Å². The predicted octanol–water partition coefficient (Wildman–Crippen LogP) is 3.69. The monoisotopic (exact) mass is 1230 g/mol. The number of anilines is 1. The second kappa shape index (κ2) is 27.3. The number of cyclic esters (lactones) is 1. The number of esters is 2. The van der Waals surface area contributed by atoms with E-state index in [1.54, 1.807) is 86.6 Å². The fraction of sp³-hybridized carbons (Fsp3) is 0.328. The van der Waals surface area contributed by atoms with Crippen molar-refractivity contribution in [1.29, 1.82) is 0 Å². The Kier molecular flexibility index (Phi) is 18.9. The summed E-state index contributed by atoms with van der Waals surface area (Å²) in [5, 5.41) is 27.9. The third kappa shape index (κ3) is 13.9. The molecule has 0 spiro atoms. The number of amides is 8. The van der Waals surface area contributed by atoms with E-state index in [0.717, 1.165) is 10.5 Å². The van der Waals surface area contributed by atoms with E-state index in [0.29, 0.717) is 93.6 Å². The Morgan fingerprint density at radius 3 is 2.33 bits per heavy atom. The molecule has 0 bridgehead atoms. The zero-order valence-electron chi connectivity index (χ0n) is 49.0. The highest BCUT2D eigenvalue weighted by Gasteiger charge is 2.46. The lowest BCUT2D eigenvalue weighted by Gasteiger charge is -2.31. The van der Waals surface area contributed by atoms with Crippen LogP contribution < -0.4 is 37.5 Å². The molecule has 8 amide bonds. The number of benzene rings is 3. The number of hydrogen-bond donors (Lipinski definition) is 7. The predicted molar refractivity (Wildman–Crippen MR) is 317 cm³/mol. The van der Waals surface area contributed by atoms with Gasteiger partial charge >= 0.3 is 18.0 Å². The fourth-order valence-electron chi connectivity index (χ4n) is 11.3. The van der Waals surface area contributed by atoms with Gasteiger partial charge in [0.15, 0.2) is 12.2 Å². The number of nitrogens with zero attached hydrogens (tertiary/aromatic N) is 4. The number of aryl methyl sites for hydroxylation is 1. The summed E-state index contributed by atoms with van der Waals surface area (Å²) in [6, 6.07) is 20.9. The number of imide groups is 1. The Labute approximate surface area is 513 Å². The molecule has 466 valence electrons. The van der Waals surface area contributed by atoms with Crippen molar-refractivity contribution < 1.29 is 71.7 Å². The van der Waals surface area contributed by atoms with Crippen LogP contribution in [0.5, 0.6) is 0 Å². The van der Waals surface area contributed by atoms with Crippen molar-refractivity contribution in [2.24, 2.45) is 0 Å². The second-order valence-corrected chi connectivity index (χ2v) is 22.0. The van der Waals surface area contributed by atoms with Crippen LogP contribution in [0.4, 0.5) is 14.9 Å². The van der Waals surface area contributed by atoms with Gasteiger partial charge in [-0.2, -0.15) is 0 Å². The van der Waals surface area contributed by atoms with E-state index in [2.05, 4.69) is 36.9 Å². The summed E-state index contributed by atoms with van der Waals surface area (Å²) in [6.45, 7) is 1.25. The number of rotatable bonds is 24. The minimum Gasteiger partial charge on any atom is -0.458 e. The molecule has 3 atom stereocenters. The number of aromatic nitrogens is 3. The first-order chi connectivity index (χ1) is 43.3. The van der Waals surface area contributed by atoms with Crippen LogP contribution >= 0.6 is 0 Å². The van der Waals surface area contributed by atoms with Gasteiger partial charge in [0, 0.05) is 59.8 Å². The Morgan fingerprint density at radius 2 is 1.58 bits per heavy atom. The van der Waals surface area contributed by atoms with Crippen LogP contribution in [0.1, 0.15) is 112 Å². The van der Waals surface area contributed by atoms with Crippen LogP contribution in [0.15, 0.2) is 102 Å². The number of unbranched alkanes of at least 4 members (excludes halogenated alkanes) is 2. The standard InChI is InChI=1S/C64H63FN10O15/c1-3-64(87)43-26-49-58-41(31-75(49)61(84)42(43)33-89-62(64)85)57-45(21-20-40-35(2)44(65)27-47(72-58)56(40)57)73-60(83)46-14-10-13-39(69-46)28-68-63(86)90-32-37-16-18-38(19-17-37)70-51(77)29-67-59(82)48(25-36-11-6-4-7-12-36)71-52(78)34-88-55(81)30-66-50(76)15-8-5-9-24-74-53(79)22-23-54(74)80/h4,6-7,10-14,16-19,22-23,26-27,45,48,87H,3,5,8-9,15,20-21,24-25,28-34H2,1-2H3,(H,66,76)(H,67,82)(H,68,86)(H,70,77)(H,71,78)(H,73,83)/t45-,48-,64-/m0/s1. The molecule has 90 heavy (non-hydrogen) atoms. The molecule has 0 unspecified atom stereocenters. The normalized spacial score (nSPS) is 16.2. The number of alkyl carbamates (subject to hydrolysis) is 1. The zero-order chi connectivity index (χ0) is 63.8. The number of ether oxygens (including phenoxy) is 3. The van der Waals surface area contributed by atoms with Crippen LogP contribution in [0, 0.1) is 12.7 Å². The first kappa shape index (κ1) is 62.5. The van der Waals surface area contributed by atoms with Gasteiger partial charge in [-0.3, -0.25) is 48.1 Å². The largest absolute Gasteiger partial charge is 0.458 e. The summed E-state index contributed by atoms with van der Waals surface area (Å²) >= 11 is 0. The number of pyridine rings is 3. The SMILES string of the molecule is CC[C@@]1(O)C(=O)OCc2c1cc1n(c2=O)Cc2c-1nc1cc(F)c(C)c3c1c2[C@@H](NC(=O)c1cccc(CNC(=O)OCc2ccc(NC(=O)CNC(=O)[C@H](Cc4ccccc4)NC(=O)COC(=O)CNC(=O)CCCCCN4C(=O)C=CC4=O)cc2)n1)CC3. The lowest BCUT2D eigenvalue weighted by atomic mass is 9.81. The van der Waals surface area contributed by atoms with Crippen molar-refractivity contribution in [3.05, 3.63) is 169 Å². The maximum atomic E-state index is 15.5. The van der Waals surface area contributed by atoms with Crippen molar-refractivity contribution in [3.8, 4) is 11.4 Å². The minimum atomic E-state index is -2.05. The number of hydrogen-bond acceptors (Lipinski definition) is 17. The molecule has 6 aromatic rings. The smallest absolute Gasteiger partial charge is 0.407 e. The van der Waals surface area contributed by atoms with Gasteiger partial charge in [0.05, 0.1) is 53.8 Å². The molecule has 0 fully saturated rings. The highest BCUT2D eigenvalue weighted by molar-refractivity contribution is 6.13. The summed E-state index contributed by atoms with van der Waals surface area (Å²) in [6.07, 6.45) is 3.96. The molecule has 6 heterocycles. The fourth-order valence-corrected chi connectivity index (χ4v) is 11.3. The van der Waals surface area contributed by atoms with Gasteiger partial charge in [0.1, 0.15) is 37.3 Å². The summed E-state index contributed by atoms with van der Waals surface area (Å²) in [7, 11) is 0. The topological polar surface area (TPSA) is 342 Å². The van der Waals surface area contributed by atoms with Crippen molar-refractivity contribution >= 4 is 76.0 Å². The number of carbonyl (C=O) groups is 10. The highest BCUT2D eigenvalue weighted by Crippen LogP contribution is 2.46. The van der Waals surface area contributed by atoms with Crippen molar-refractivity contribution in [2.75, 3.05) is 31.6 Å². The van der Waals surface area contributed by atoms with Gasteiger partial charge in [-0.15, -0.1) is 0 Å². The quantitative estimate of drug-likeness (QED) is 0.0196. The maximum Gasteiger partial charge on any atom is 0.407 e. The molecule has 0 saturated carbocycles. The van der Waals surface area contributed by atoms with Crippen LogP contribution in [-0.4, -0.2) is 116 Å². The van der Waals surface area contributed by atoms with Gasteiger partial charge < -0.3 is 55.8 Å². The lowest BCUT2D eigenvalue weighted by Crippen LogP contribution is -2.50. The molecule has 3 aromatic carbocycles. The van der Waals surface area contributed by atoms with E-state index in [9.17, 15) is 57.8 Å². The van der Waals surface area contributed by atoms with Gasteiger partial charge in [-0.05, 0) is 97.2 Å². The molecule has 0 radical (unpaired) electrons. The van der Waals surface area contributed by atoms with Crippen LogP contribution in [0.25, 0.3) is 22.3 Å². The zero-order valence-corrected chi connectivity index (χ0v) is 49.0. The number of halogens is 1. The number of carbonyl (C=O) groups excluding carboxylic acids is 10. The Balaban J connectivity index is 0.672. The van der Waals surface area contributed by atoms with Crippen molar-refractivity contribution in [2.45, 2.75) is 109 Å². The first-order valence-electron chi connectivity index (χ1n) is 29.2. The van der Waals surface area contributed by atoms with Crippen LogP contribution in [0.3, 0.4) is 0 Å². The van der Waals surface area contributed by atoms with Crippen molar-refractivity contribution in [3.63, 3.8) is 0 Å². The van der Waals surface area contributed by atoms with Gasteiger partial charge in [-0.1, -0.05) is 61.9 Å². The molecule has 3 aromatic heterocycles. The Hall–Kier alpha value is -10.5. The molecule has 3 aliphatic heterocycles.